The highest BCUT2D eigenvalue weighted by Gasteiger charge is 2.53. The van der Waals surface area contributed by atoms with E-state index in [2.05, 4.69) is 315 Å². The summed E-state index contributed by atoms with van der Waals surface area (Å²) in [5, 5.41) is 0. The van der Waals surface area contributed by atoms with Gasteiger partial charge < -0.3 is 9.80 Å². The molecule has 1 heterocycles. The molecule has 0 saturated carbocycles. The number of benzene rings is 12. The number of fused-ring (bicyclic) bond motifs is 15. The van der Waals surface area contributed by atoms with Crippen LogP contribution >= 0.6 is 0 Å². The van der Waals surface area contributed by atoms with Gasteiger partial charge in [0.05, 0.1) is 27.9 Å². The molecule has 0 fully saturated rings. The molecule has 16 rings (SSSR count). The van der Waals surface area contributed by atoms with Crippen LogP contribution in [0.4, 0.5) is 34.1 Å². The van der Waals surface area contributed by atoms with E-state index in [4.69, 9.17) is 0 Å². The highest BCUT2D eigenvalue weighted by molar-refractivity contribution is 6.02. The Morgan fingerprint density at radius 3 is 1.39 bits per heavy atom. The van der Waals surface area contributed by atoms with Crippen LogP contribution in [0.1, 0.15) is 69.5 Å². The molecule has 0 aromatic heterocycles. The maximum atomic E-state index is 2.56. The first-order valence-corrected chi connectivity index (χ1v) is 27.8. The van der Waals surface area contributed by atoms with E-state index in [0.717, 1.165) is 22.7 Å². The lowest BCUT2D eigenvalue weighted by atomic mass is 9.64. The summed E-state index contributed by atoms with van der Waals surface area (Å²) in [5.74, 6) is 0. The Morgan fingerprint density at radius 1 is 0.291 bits per heavy atom. The van der Waals surface area contributed by atoms with Crippen LogP contribution in [-0.4, -0.2) is 0 Å². The molecule has 0 amide bonds. The fraction of sp³-hybridized carbons (Fsp3) is 0.0649. The third-order valence-corrected chi connectivity index (χ3v) is 18.1. The summed E-state index contributed by atoms with van der Waals surface area (Å²) in [4.78, 5) is 5.02. The topological polar surface area (TPSA) is 6.48 Å². The lowest BCUT2D eigenvalue weighted by molar-refractivity contribution is 0.660. The predicted octanol–water partition coefficient (Wildman–Crippen LogP) is 19.6. The summed E-state index contributed by atoms with van der Waals surface area (Å²) >= 11 is 0. The van der Waals surface area contributed by atoms with Crippen molar-refractivity contribution in [1.29, 1.82) is 0 Å². The van der Waals surface area contributed by atoms with Gasteiger partial charge >= 0.3 is 0 Å². The minimum absolute atomic E-state index is 0.0961. The molecule has 0 atom stereocenters. The zero-order chi connectivity index (χ0) is 52.5. The third-order valence-electron chi connectivity index (χ3n) is 18.1. The Balaban J connectivity index is 0.947. The molecule has 12 aromatic rings. The molecule has 1 spiro atoms. The Hall–Kier alpha value is -9.76. The fourth-order valence-corrected chi connectivity index (χ4v) is 14.9. The molecular weight excluding hydrogens is 953 g/mol. The molecule has 2 heteroatoms. The van der Waals surface area contributed by atoms with E-state index >= 15 is 0 Å². The van der Waals surface area contributed by atoms with E-state index in [-0.39, 0.29) is 5.41 Å². The van der Waals surface area contributed by atoms with Crippen LogP contribution in [0.25, 0.3) is 44.5 Å². The summed E-state index contributed by atoms with van der Waals surface area (Å²) < 4.78 is 0. The predicted molar refractivity (Wildman–Crippen MR) is 327 cm³/mol. The smallest absolute Gasteiger partial charge is 0.0755 e. The molecular formula is C77H54N2. The first-order valence-electron chi connectivity index (χ1n) is 27.8. The van der Waals surface area contributed by atoms with Crippen LogP contribution in [0.5, 0.6) is 0 Å². The summed E-state index contributed by atoms with van der Waals surface area (Å²) in [6, 6.07) is 109. The Kier molecular flexibility index (Phi) is 9.85. The summed E-state index contributed by atoms with van der Waals surface area (Å²) in [6.45, 7) is 4.73. The molecule has 0 bridgehead atoms. The van der Waals surface area contributed by atoms with Gasteiger partial charge in [0.25, 0.3) is 0 Å². The number of hydrogen-bond acceptors (Lipinski definition) is 2. The van der Waals surface area contributed by atoms with Gasteiger partial charge in [-0.2, -0.15) is 0 Å². The molecule has 372 valence electrons. The Morgan fingerprint density at radius 2 is 0.747 bits per heavy atom. The number of para-hydroxylation sites is 3. The minimum atomic E-state index is -0.619. The highest BCUT2D eigenvalue weighted by atomic mass is 15.2. The van der Waals surface area contributed by atoms with Gasteiger partial charge in [-0.05, 0) is 155 Å². The van der Waals surface area contributed by atoms with E-state index in [0.29, 0.717) is 0 Å². The second-order valence-corrected chi connectivity index (χ2v) is 22.3. The van der Waals surface area contributed by atoms with Crippen LogP contribution < -0.4 is 9.80 Å². The molecule has 79 heavy (non-hydrogen) atoms. The Bertz CT molecular complexity index is 4310. The third kappa shape index (κ3) is 6.23. The first-order chi connectivity index (χ1) is 39.0. The van der Waals surface area contributed by atoms with E-state index in [9.17, 15) is 0 Å². The van der Waals surface area contributed by atoms with Crippen molar-refractivity contribution in [3.63, 3.8) is 0 Å². The molecule has 3 aliphatic carbocycles. The fourth-order valence-electron chi connectivity index (χ4n) is 14.9. The SMILES string of the molecule is CC1(C)c2ccccc2-c2ccc(-c3ccc(N(c4ccc5c(c4)C(c4ccccc4)(c4ccccc4)c4ccccc4-5)c4cccc5c4-c4ccccc4C54c5ccccc5N(c5ccccc5)c5ccccc54)cc3)cc21. The van der Waals surface area contributed by atoms with Gasteiger partial charge in [0.15, 0.2) is 0 Å². The van der Waals surface area contributed by atoms with Gasteiger partial charge in [0, 0.05) is 28.0 Å². The van der Waals surface area contributed by atoms with E-state index < -0.39 is 10.8 Å². The van der Waals surface area contributed by atoms with Crippen LogP contribution in [0.15, 0.2) is 291 Å². The van der Waals surface area contributed by atoms with Crippen LogP contribution in [0.3, 0.4) is 0 Å². The standard InChI is InChI=1S/C77H54N2/c1-75(2)63-32-15-12-29-58(63)60-47-43-52(49-69(60)75)51-41-44-56(45-42-51)78(57-46-48-61-59-30-13-16-33-64(59)76(70(61)50-57,53-23-6-3-7-24-53)54-25-8-4-9-26-54)73-40-22-37-68-74(73)62-31-14-17-34-65(62)77(68)66-35-18-20-38-71(66)79(55-27-10-5-11-28-55)72-39-21-19-36-67(72)77/h3-50H,1-2H3. The molecule has 0 radical (unpaired) electrons. The monoisotopic (exact) mass is 1010 g/mol. The zero-order valence-electron chi connectivity index (χ0n) is 44.1. The van der Waals surface area contributed by atoms with Crippen molar-refractivity contribution >= 4 is 34.1 Å². The van der Waals surface area contributed by atoms with Crippen LogP contribution in [0.2, 0.25) is 0 Å². The quantitative estimate of drug-likeness (QED) is 0.157. The number of rotatable bonds is 7. The highest BCUT2D eigenvalue weighted by Crippen LogP contribution is 2.66. The molecule has 2 nitrogen and oxygen atoms in total. The number of nitrogens with zero attached hydrogens (tertiary/aromatic N) is 2. The van der Waals surface area contributed by atoms with Gasteiger partial charge in [-0.15, -0.1) is 0 Å². The average molecular weight is 1010 g/mol. The maximum absolute atomic E-state index is 2.56. The molecule has 0 saturated heterocycles. The summed E-state index contributed by atoms with van der Waals surface area (Å²) in [7, 11) is 0. The molecule has 0 unspecified atom stereocenters. The zero-order valence-corrected chi connectivity index (χ0v) is 44.1. The van der Waals surface area contributed by atoms with Crippen LogP contribution in [0, 0.1) is 0 Å². The van der Waals surface area contributed by atoms with Gasteiger partial charge in [0.2, 0.25) is 0 Å². The van der Waals surface area contributed by atoms with Crippen molar-refractivity contribution < 1.29 is 0 Å². The van der Waals surface area contributed by atoms with Crippen molar-refractivity contribution in [3.8, 4) is 44.5 Å². The summed E-state index contributed by atoms with van der Waals surface area (Å²) in [5.41, 5.74) is 28.6. The van der Waals surface area contributed by atoms with Crippen molar-refractivity contribution in [2.45, 2.75) is 30.1 Å². The maximum Gasteiger partial charge on any atom is 0.0755 e. The molecule has 12 aromatic carbocycles. The second-order valence-electron chi connectivity index (χ2n) is 22.3. The second kappa shape index (κ2) is 17.1. The number of hydrogen-bond donors (Lipinski definition) is 0. The van der Waals surface area contributed by atoms with E-state index in [1.54, 1.807) is 0 Å². The van der Waals surface area contributed by atoms with Crippen molar-refractivity contribution in [3.05, 3.63) is 347 Å². The minimum Gasteiger partial charge on any atom is -0.310 e. The van der Waals surface area contributed by atoms with Gasteiger partial charge in [-0.3, -0.25) is 0 Å². The average Bonchev–Trinajstić information content (AvgIpc) is 3.63. The van der Waals surface area contributed by atoms with Crippen molar-refractivity contribution in [1.82, 2.24) is 0 Å². The van der Waals surface area contributed by atoms with Crippen molar-refractivity contribution in [2.75, 3.05) is 9.80 Å². The normalized spacial score (nSPS) is 14.7. The van der Waals surface area contributed by atoms with Gasteiger partial charge in [-0.25, -0.2) is 0 Å². The molecule has 1 aliphatic heterocycles. The number of anilines is 6. The van der Waals surface area contributed by atoms with Gasteiger partial charge in [-0.1, -0.05) is 244 Å². The lowest BCUT2D eigenvalue weighted by Gasteiger charge is -2.45. The largest absolute Gasteiger partial charge is 0.310 e. The molecule has 4 aliphatic rings. The lowest BCUT2D eigenvalue weighted by Crippen LogP contribution is -2.36. The first kappa shape index (κ1) is 45.4. The van der Waals surface area contributed by atoms with E-state index in [1.807, 2.05) is 0 Å². The van der Waals surface area contributed by atoms with E-state index in [1.165, 1.54) is 112 Å². The van der Waals surface area contributed by atoms with Crippen LogP contribution in [-0.2, 0) is 16.2 Å². The van der Waals surface area contributed by atoms with Gasteiger partial charge in [0.1, 0.15) is 0 Å². The Labute approximate surface area is 462 Å². The summed E-state index contributed by atoms with van der Waals surface area (Å²) in [6.07, 6.45) is 0. The molecule has 0 N–H and O–H groups in total. The van der Waals surface area contributed by atoms with Crippen molar-refractivity contribution in [2.24, 2.45) is 0 Å².